The summed E-state index contributed by atoms with van der Waals surface area (Å²) in [6.45, 7) is 6.65. The normalized spacial score (nSPS) is 10.9. The van der Waals surface area contributed by atoms with Crippen molar-refractivity contribution in [3.8, 4) is 11.5 Å². The minimum Gasteiger partial charge on any atom is -0.493 e. The fraction of sp³-hybridized carbons (Fsp3) is 0.182. The molecule has 31 heavy (non-hydrogen) atoms. The maximum atomic E-state index is 7.36. The van der Waals surface area contributed by atoms with Crippen LogP contribution in [0.1, 0.15) is 21.8 Å². The highest BCUT2D eigenvalue weighted by Crippen LogP contribution is 2.30. The van der Waals surface area contributed by atoms with Crippen molar-refractivity contribution < 1.29 is 9.47 Å². The van der Waals surface area contributed by atoms with Gasteiger partial charge in [0.1, 0.15) is 12.1 Å². The van der Waals surface area contributed by atoms with Gasteiger partial charge in [-0.05, 0) is 36.3 Å². The predicted octanol–water partition coefficient (Wildman–Crippen LogP) is 4.08. The molecule has 0 bridgehead atoms. The summed E-state index contributed by atoms with van der Waals surface area (Å²) in [7, 11) is 1.61. The zero-order valence-electron chi connectivity index (χ0n) is 17.3. The second kappa shape index (κ2) is 8.57. The number of nitrogens with zero attached hydrogens (tertiary/aromatic N) is 4. The van der Waals surface area contributed by atoms with E-state index in [1.54, 1.807) is 24.6 Å². The average molecular weight is 435 g/mol. The van der Waals surface area contributed by atoms with Crippen molar-refractivity contribution >= 4 is 40.2 Å². The van der Waals surface area contributed by atoms with Gasteiger partial charge in [-0.15, -0.1) is 11.3 Å². The van der Waals surface area contributed by atoms with Gasteiger partial charge in [0.25, 0.3) is 0 Å². The number of hydrogen-bond acceptors (Lipinski definition) is 8. The lowest BCUT2D eigenvalue weighted by atomic mass is 10.1. The SMILES string of the molecule is C=C(C=N)c1cnc2c(c1)nc(N)n2Cc1ccc(OCc2csc(C)n2)c(OC)c1. The number of nitrogens with two attached hydrogens (primary N) is 1. The molecule has 0 radical (unpaired) electrons. The van der Waals surface area contributed by atoms with Gasteiger partial charge in [-0.3, -0.25) is 4.57 Å². The number of imidazole rings is 1. The van der Waals surface area contributed by atoms with Crippen LogP contribution in [0.3, 0.4) is 0 Å². The van der Waals surface area contributed by atoms with Gasteiger partial charge in [0.05, 0.1) is 24.4 Å². The van der Waals surface area contributed by atoms with Crippen molar-refractivity contribution in [1.29, 1.82) is 5.41 Å². The van der Waals surface area contributed by atoms with Crippen LogP contribution in [-0.2, 0) is 13.2 Å². The van der Waals surface area contributed by atoms with E-state index in [2.05, 4.69) is 21.5 Å². The van der Waals surface area contributed by atoms with Gasteiger partial charge < -0.3 is 20.6 Å². The quantitative estimate of drug-likeness (QED) is 0.404. The highest BCUT2D eigenvalue weighted by molar-refractivity contribution is 7.09. The monoisotopic (exact) mass is 434 g/mol. The lowest BCUT2D eigenvalue weighted by Gasteiger charge is -2.12. The molecule has 4 aromatic rings. The Morgan fingerprint density at radius 1 is 1.29 bits per heavy atom. The largest absolute Gasteiger partial charge is 0.493 e. The molecule has 0 fully saturated rings. The Morgan fingerprint density at radius 3 is 2.84 bits per heavy atom. The maximum absolute atomic E-state index is 7.36. The molecule has 8 nitrogen and oxygen atoms in total. The molecule has 0 unspecified atom stereocenters. The zero-order valence-corrected chi connectivity index (χ0v) is 18.1. The molecule has 9 heteroatoms. The first-order valence-electron chi connectivity index (χ1n) is 9.50. The Bertz CT molecular complexity index is 1280. The summed E-state index contributed by atoms with van der Waals surface area (Å²) in [5.74, 6) is 1.64. The molecule has 4 rings (SSSR count). The number of pyridine rings is 1. The van der Waals surface area contributed by atoms with E-state index in [-0.39, 0.29) is 0 Å². The van der Waals surface area contributed by atoms with Crippen molar-refractivity contribution in [3.05, 3.63) is 64.2 Å². The molecule has 3 N–H and O–H groups in total. The first kappa shape index (κ1) is 20.5. The number of nitrogens with one attached hydrogen (secondary N) is 1. The molecule has 0 aliphatic carbocycles. The fourth-order valence-corrected chi connectivity index (χ4v) is 3.78. The van der Waals surface area contributed by atoms with E-state index in [4.69, 9.17) is 20.6 Å². The molecule has 3 aromatic heterocycles. The van der Waals surface area contributed by atoms with Gasteiger partial charge in [-0.25, -0.2) is 15.0 Å². The van der Waals surface area contributed by atoms with Gasteiger partial charge in [0, 0.05) is 23.4 Å². The Hall–Kier alpha value is -3.72. The van der Waals surface area contributed by atoms with Crippen molar-refractivity contribution in [2.45, 2.75) is 20.1 Å². The van der Waals surface area contributed by atoms with Crippen molar-refractivity contribution in [2.24, 2.45) is 0 Å². The fourth-order valence-electron chi connectivity index (χ4n) is 3.18. The number of aromatic nitrogens is 4. The number of rotatable bonds is 8. The molecule has 0 saturated carbocycles. The Balaban J connectivity index is 1.57. The van der Waals surface area contributed by atoms with Crippen LogP contribution >= 0.6 is 11.3 Å². The number of ether oxygens (including phenoxy) is 2. The Kier molecular flexibility index (Phi) is 5.68. The van der Waals surface area contributed by atoms with Gasteiger partial charge in [-0.1, -0.05) is 12.6 Å². The number of thiazole rings is 1. The Labute approximate surface area is 183 Å². The topological polar surface area (TPSA) is 112 Å². The minimum atomic E-state index is 0.360. The van der Waals surface area contributed by atoms with Crippen LogP contribution in [0.15, 0.2) is 42.4 Å². The molecule has 158 valence electrons. The van der Waals surface area contributed by atoms with Crippen LogP contribution < -0.4 is 15.2 Å². The second-order valence-corrected chi connectivity index (χ2v) is 7.99. The summed E-state index contributed by atoms with van der Waals surface area (Å²) in [6.07, 6.45) is 2.86. The van der Waals surface area contributed by atoms with Crippen molar-refractivity contribution in [3.63, 3.8) is 0 Å². The summed E-state index contributed by atoms with van der Waals surface area (Å²) in [5, 5.41) is 10.4. The number of benzene rings is 1. The second-order valence-electron chi connectivity index (χ2n) is 6.92. The van der Waals surface area contributed by atoms with Gasteiger partial charge in [0.15, 0.2) is 17.1 Å². The van der Waals surface area contributed by atoms with E-state index < -0.39 is 0 Å². The first-order chi connectivity index (χ1) is 15.0. The van der Waals surface area contributed by atoms with Crippen LogP contribution in [0, 0.1) is 12.3 Å². The van der Waals surface area contributed by atoms with Gasteiger partial charge in [0.2, 0.25) is 5.95 Å². The van der Waals surface area contributed by atoms with Crippen LogP contribution in [0.2, 0.25) is 0 Å². The van der Waals surface area contributed by atoms with Crippen LogP contribution in [-0.4, -0.2) is 32.8 Å². The number of allylic oxidation sites excluding steroid dienone is 1. The number of fused-ring (bicyclic) bond motifs is 1. The number of anilines is 1. The third-order valence-corrected chi connectivity index (χ3v) is 5.59. The molecule has 0 atom stereocenters. The number of aryl methyl sites for hydroxylation is 1. The zero-order chi connectivity index (χ0) is 22.0. The smallest absolute Gasteiger partial charge is 0.202 e. The summed E-state index contributed by atoms with van der Waals surface area (Å²) < 4.78 is 13.3. The highest BCUT2D eigenvalue weighted by atomic mass is 32.1. The third kappa shape index (κ3) is 4.26. The molecule has 0 saturated heterocycles. The van der Waals surface area contributed by atoms with E-state index in [1.807, 2.05) is 41.1 Å². The standard InChI is InChI=1S/C22H22N6O2S/c1-13(8-23)16-7-18-21(25-9-16)28(22(24)27-18)10-15-4-5-19(20(6-15)29-3)30-11-17-12-31-14(2)26-17/h4-9,12,23H,1,10-11H2,2-3H3,(H2,24,27). The average Bonchev–Trinajstić information content (AvgIpc) is 3.33. The van der Waals surface area contributed by atoms with E-state index in [1.165, 1.54) is 6.21 Å². The molecule has 0 aliphatic heterocycles. The molecule has 1 aromatic carbocycles. The van der Waals surface area contributed by atoms with Gasteiger partial charge in [-0.2, -0.15) is 0 Å². The number of methoxy groups -OCH3 is 1. The molecule has 0 spiro atoms. The van der Waals surface area contributed by atoms with E-state index in [0.717, 1.165) is 21.8 Å². The first-order valence-corrected chi connectivity index (χ1v) is 10.4. The van der Waals surface area contributed by atoms with Crippen LogP contribution in [0.4, 0.5) is 5.95 Å². The van der Waals surface area contributed by atoms with Crippen molar-refractivity contribution in [1.82, 2.24) is 19.5 Å². The molecule has 3 heterocycles. The lowest BCUT2D eigenvalue weighted by Crippen LogP contribution is -2.06. The molecular weight excluding hydrogens is 412 g/mol. The van der Waals surface area contributed by atoms with Crippen molar-refractivity contribution in [2.75, 3.05) is 12.8 Å². The van der Waals surface area contributed by atoms with Crippen LogP contribution in [0.5, 0.6) is 11.5 Å². The summed E-state index contributed by atoms with van der Waals surface area (Å²) in [6, 6.07) is 7.58. The van der Waals surface area contributed by atoms with Gasteiger partial charge >= 0.3 is 0 Å². The molecule has 0 amide bonds. The lowest BCUT2D eigenvalue weighted by molar-refractivity contribution is 0.281. The third-order valence-electron chi connectivity index (χ3n) is 4.77. The van der Waals surface area contributed by atoms with E-state index in [0.29, 0.717) is 47.3 Å². The summed E-state index contributed by atoms with van der Waals surface area (Å²) in [4.78, 5) is 13.3. The molecular formula is C22H22N6O2S. The Morgan fingerprint density at radius 2 is 2.13 bits per heavy atom. The van der Waals surface area contributed by atoms with Crippen LogP contribution in [0.25, 0.3) is 16.7 Å². The van der Waals surface area contributed by atoms with E-state index in [9.17, 15) is 0 Å². The molecule has 0 aliphatic rings. The maximum Gasteiger partial charge on any atom is 0.202 e. The summed E-state index contributed by atoms with van der Waals surface area (Å²) in [5.41, 5.74) is 10.6. The number of nitrogen functional groups attached to an aromatic ring is 1. The highest BCUT2D eigenvalue weighted by Gasteiger charge is 2.13. The minimum absolute atomic E-state index is 0.360. The number of hydrogen-bond donors (Lipinski definition) is 2. The predicted molar refractivity (Wildman–Crippen MR) is 123 cm³/mol. The van der Waals surface area contributed by atoms with E-state index >= 15 is 0 Å². The summed E-state index contributed by atoms with van der Waals surface area (Å²) >= 11 is 1.60.